The average Bonchev–Trinajstić information content (AvgIpc) is 2.53. The highest BCUT2D eigenvalue weighted by Gasteiger charge is 2.28. The second kappa shape index (κ2) is 5.82. The molecule has 3 rings (SSSR count). The van der Waals surface area contributed by atoms with Gasteiger partial charge in [-0.1, -0.05) is 12.1 Å². The number of halogens is 1. The summed E-state index contributed by atoms with van der Waals surface area (Å²) in [4.78, 5) is 4.50. The first-order valence-electron chi connectivity index (χ1n) is 7.23. The van der Waals surface area contributed by atoms with Crippen LogP contribution in [0.15, 0.2) is 36.5 Å². The van der Waals surface area contributed by atoms with Crippen LogP contribution in [0, 0.1) is 5.82 Å². The zero-order valence-corrected chi connectivity index (χ0v) is 12.1. The molecule has 21 heavy (non-hydrogen) atoms. The summed E-state index contributed by atoms with van der Waals surface area (Å²) in [6.45, 7) is 0. The molecular formula is C17H19FN2O. The van der Waals surface area contributed by atoms with Gasteiger partial charge in [0.25, 0.3) is 0 Å². The minimum atomic E-state index is -0.373. The molecule has 1 aliphatic carbocycles. The Labute approximate surface area is 124 Å². The second-order valence-electron chi connectivity index (χ2n) is 5.47. The number of hydrogen-bond acceptors (Lipinski definition) is 3. The number of nitrogens with zero attached hydrogens (tertiary/aromatic N) is 1. The summed E-state index contributed by atoms with van der Waals surface area (Å²) in [5.41, 5.74) is 9.51. The first-order valence-corrected chi connectivity index (χ1v) is 7.23. The number of aryl methyl sites for hydroxylation is 1. The second-order valence-corrected chi connectivity index (χ2v) is 5.47. The van der Waals surface area contributed by atoms with E-state index in [1.807, 2.05) is 12.1 Å². The summed E-state index contributed by atoms with van der Waals surface area (Å²) in [5, 5.41) is 0. The molecular weight excluding hydrogens is 267 g/mol. The monoisotopic (exact) mass is 286 g/mol. The summed E-state index contributed by atoms with van der Waals surface area (Å²) < 4.78 is 18.8. The Morgan fingerprint density at radius 1 is 1.38 bits per heavy atom. The lowest BCUT2D eigenvalue weighted by molar-refractivity contribution is 0.385. The van der Waals surface area contributed by atoms with E-state index in [0.717, 1.165) is 30.5 Å². The van der Waals surface area contributed by atoms with Gasteiger partial charge in [-0.05, 0) is 48.6 Å². The van der Waals surface area contributed by atoms with Crippen LogP contribution in [0.4, 0.5) is 4.39 Å². The van der Waals surface area contributed by atoms with Crippen LogP contribution in [0.3, 0.4) is 0 Å². The highest BCUT2D eigenvalue weighted by atomic mass is 19.1. The van der Waals surface area contributed by atoms with Gasteiger partial charge in [0.15, 0.2) is 11.6 Å². The lowest BCUT2D eigenvalue weighted by Gasteiger charge is -2.29. The highest BCUT2D eigenvalue weighted by molar-refractivity contribution is 5.35. The first-order chi connectivity index (χ1) is 10.2. The SMILES string of the molecule is COc1ccc(C(N)C2CCCc3cccnc32)cc1F. The van der Waals surface area contributed by atoms with Gasteiger partial charge in [-0.25, -0.2) is 4.39 Å². The maximum atomic E-state index is 13.9. The molecule has 1 aliphatic rings. The molecule has 0 bridgehead atoms. The van der Waals surface area contributed by atoms with Crippen molar-refractivity contribution in [1.82, 2.24) is 4.98 Å². The zero-order valence-electron chi connectivity index (χ0n) is 12.1. The van der Waals surface area contributed by atoms with Gasteiger partial charge < -0.3 is 10.5 Å². The molecule has 0 radical (unpaired) electrons. The van der Waals surface area contributed by atoms with Gasteiger partial charge in [-0.15, -0.1) is 0 Å². The normalized spacial score (nSPS) is 18.9. The highest BCUT2D eigenvalue weighted by Crippen LogP contribution is 2.38. The summed E-state index contributed by atoms with van der Waals surface area (Å²) in [6, 6.07) is 8.76. The summed E-state index contributed by atoms with van der Waals surface area (Å²) >= 11 is 0. The first kappa shape index (κ1) is 14.0. The number of ether oxygens (including phenoxy) is 1. The Morgan fingerprint density at radius 3 is 3.00 bits per heavy atom. The maximum absolute atomic E-state index is 13.9. The number of rotatable bonds is 3. The van der Waals surface area contributed by atoms with E-state index in [1.165, 1.54) is 18.7 Å². The van der Waals surface area contributed by atoms with Crippen LogP contribution in [-0.4, -0.2) is 12.1 Å². The Kier molecular flexibility index (Phi) is 3.88. The number of aromatic nitrogens is 1. The number of hydrogen-bond donors (Lipinski definition) is 1. The summed E-state index contributed by atoms with van der Waals surface area (Å²) in [6.07, 6.45) is 4.93. The molecule has 0 fully saturated rings. The number of benzene rings is 1. The molecule has 2 unspecified atom stereocenters. The van der Waals surface area contributed by atoms with E-state index in [-0.39, 0.29) is 23.5 Å². The van der Waals surface area contributed by atoms with Crippen molar-refractivity contribution in [3.8, 4) is 5.75 Å². The minimum Gasteiger partial charge on any atom is -0.494 e. The van der Waals surface area contributed by atoms with E-state index in [1.54, 1.807) is 12.3 Å². The van der Waals surface area contributed by atoms with E-state index in [2.05, 4.69) is 11.1 Å². The lowest BCUT2D eigenvalue weighted by Crippen LogP contribution is -2.24. The van der Waals surface area contributed by atoms with Gasteiger partial charge in [-0.2, -0.15) is 0 Å². The Balaban J connectivity index is 1.92. The van der Waals surface area contributed by atoms with Crippen LogP contribution in [-0.2, 0) is 6.42 Å². The van der Waals surface area contributed by atoms with Crippen molar-refractivity contribution in [2.45, 2.75) is 31.2 Å². The van der Waals surface area contributed by atoms with Crippen LogP contribution in [0.25, 0.3) is 0 Å². The van der Waals surface area contributed by atoms with Crippen LogP contribution in [0.5, 0.6) is 5.75 Å². The fourth-order valence-electron chi connectivity index (χ4n) is 3.12. The van der Waals surface area contributed by atoms with Gasteiger partial charge in [0.1, 0.15) is 0 Å². The molecule has 1 aromatic heterocycles. The molecule has 4 heteroatoms. The van der Waals surface area contributed by atoms with Crippen molar-refractivity contribution in [2.75, 3.05) is 7.11 Å². The Morgan fingerprint density at radius 2 is 2.24 bits per heavy atom. The molecule has 3 nitrogen and oxygen atoms in total. The van der Waals surface area contributed by atoms with Crippen molar-refractivity contribution in [1.29, 1.82) is 0 Å². The smallest absolute Gasteiger partial charge is 0.165 e. The lowest BCUT2D eigenvalue weighted by atomic mass is 9.80. The quantitative estimate of drug-likeness (QED) is 0.941. The van der Waals surface area contributed by atoms with Crippen LogP contribution in [0.1, 0.15) is 41.6 Å². The maximum Gasteiger partial charge on any atom is 0.165 e. The third kappa shape index (κ3) is 2.63. The fraction of sp³-hybridized carbons (Fsp3) is 0.353. The van der Waals surface area contributed by atoms with Crippen molar-refractivity contribution in [3.63, 3.8) is 0 Å². The Hall–Kier alpha value is -1.94. The number of pyridine rings is 1. The van der Waals surface area contributed by atoms with E-state index in [0.29, 0.717) is 0 Å². The average molecular weight is 286 g/mol. The van der Waals surface area contributed by atoms with Gasteiger partial charge in [0.2, 0.25) is 0 Å². The predicted octanol–water partition coefficient (Wildman–Crippen LogP) is 3.35. The van der Waals surface area contributed by atoms with E-state index in [9.17, 15) is 4.39 Å². The summed E-state index contributed by atoms with van der Waals surface area (Å²) in [5.74, 6) is 0.0124. The number of fused-ring (bicyclic) bond motifs is 1. The molecule has 0 amide bonds. The molecule has 0 aliphatic heterocycles. The number of nitrogens with two attached hydrogens (primary N) is 1. The van der Waals surface area contributed by atoms with E-state index >= 15 is 0 Å². The zero-order chi connectivity index (χ0) is 14.8. The third-order valence-corrected chi connectivity index (χ3v) is 4.23. The van der Waals surface area contributed by atoms with Gasteiger partial charge in [0.05, 0.1) is 7.11 Å². The van der Waals surface area contributed by atoms with Crippen molar-refractivity contribution in [3.05, 3.63) is 59.2 Å². The molecule has 2 atom stereocenters. The van der Waals surface area contributed by atoms with Crippen molar-refractivity contribution < 1.29 is 9.13 Å². The molecule has 110 valence electrons. The van der Waals surface area contributed by atoms with Gasteiger partial charge >= 0.3 is 0 Å². The largest absolute Gasteiger partial charge is 0.494 e. The van der Waals surface area contributed by atoms with E-state index in [4.69, 9.17) is 10.5 Å². The summed E-state index contributed by atoms with van der Waals surface area (Å²) in [7, 11) is 1.46. The van der Waals surface area contributed by atoms with Crippen LogP contribution >= 0.6 is 0 Å². The molecule has 2 N–H and O–H groups in total. The molecule has 0 spiro atoms. The van der Waals surface area contributed by atoms with Crippen molar-refractivity contribution >= 4 is 0 Å². The molecule has 1 heterocycles. The number of methoxy groups -OCH3 is 1. The minimum absolute atomic E-state index is 0.141. The predicted molar refractivity (Wildman–Crippen MR) is 79.8 cm³/mol. The van der Waals surface area contributed by atoms with Gasteiger partial charge in [0, 0.05) is 23.9 Å². The van der Waals surface area contributed by atoms with Crippen molar-refractivity contribution in [2.24, 2.45) is 5.73 Å². The third-order valence-electron chi connectivity index (χ3n) is 4.23. The molecule has 0 saturated carbocycles. The van der Waals surface area contributed by atoms with Crippen LogP contribution < -0.4 is 10.5 Å². The van der Waals surface area contributed by atoms with Gasteiger partial charge in [-0.3, -0.25) is 4.98 Å². The fourth-order valence-corrected chi connectivity index (χ4v) is 3.12. The molecule has 2 aromatic rings. The molecule has 1 aromatic carbocycles. The van der Waals surface area contributed by atoms with Crippen LogP contribution in [0.2, 0.25) is 0 Å². The Bertz CT molecular complexity index is 644. The molecule has 0 saturated heterocycles. The topological polar surface area (TPSA) is 48.1 Å². The van der Waals surface area contributed by atoms with E-state index < -0.39 is 0 Å². The standard InChI is InChI=1S/C17H19FN2O/c1-21-15-8-7-12(10-14(15)18)16(19)13-6-2-4-11-5-3-9-20-17(11)13/h3,5,7-10,13,16H,2,4,6,19H2,1H3.